The van der Waals surface area contributed by atoms with Gasteiger partial charge in [-0.25, -0.2) is 0 Å². The van der Waals surface area contributed by atoms with Crippen LogP contribution in [0.15, 0.2) is 24.3 Å². The number of ketones is 1. The van der Waals surface area contributed by atoms with E-state index in [1.165, 1.54) is 13.0 Å². The first-order valence-electron chi connectivity index (χ1n) is 6.23. The number of carbonyl (C=O) groups is 2. The minimum atomic E-state index is -0.692. The molecule has 1 atom stereocenters. The highest BCUT2D eigenvalue weighted by molar-refractivity contribution is 6.31. The van der Waals surface area contributed by atoms with Gasteiger partial charge in [0.15, 0.2) is 5.78 Å². The van der Waals surface area contributed by atoms with E-state index in [0.29, 0.717) is 28.3 Å². The highest BCUT2D eigenvalue weighted by Gasteiger charge is 2.35. The Hall–Kier alpha value is -1.65. The lowest BCUT2D eigenvalue weighted by atomic mass is 9.84. The van der Waals surface area contributed by atoms with Crippen molar-refractivity contribution in [3.05, 3.63) is 40.4 Å². The van der Waals surface area contributed by atoms with Crippen molar-refractivity contribution in [2.24, 2.45) is 0 Å². The van der Waals surface area contributed by atoms with E-state index in [2.05, 4.69) is 5.32 Å². The largest absolute Gasteiger partial charge is 0.372 e. The summed E-state index contributed by atoms with van der Waals surface area (Å²) in [4.78, 5) is 23.4. The molecule has 1 aliphatic rings. The Morgan fingerprint density at radius 1 is 1.45 bits per heavy atom. The summed E-state index contributed by atoms with van der Waals surface area (Å²) in [7, 11) is 1.57. The van der Waals surface area contributed by atoms with Crippen molar-refractivity contribution < 1.29 is 14.3 Å². The molecule has 1 N–H and O–H groups in total. The number of methoxy groups -OCH3 is 1. The summed E-state index contributed by atoms with van der Waals surface area (Å²) in [5.74, 6) is -0.286. The molecule has 0 radical (unpaired) electrons. The Labute approximate surface area is 122 Å². The topological polar surface area (TPSA) is 55.4 Å². The fourth-order valence-electron chi connectivity index (χ4n) is 2.28. The predicted molar refractivity (Wildman–Crippen MR) is 77.9 cm³/mol. The quantitative estimate of drug-likeness (QED) is 0.871. The number of benzene rings is 1. The van der Waals surface area contributed by atoms with Crippen LogP contribution >= 0.6 is 11.6 Å². The Morgan fingerprint density at radius 2 is 2.15 bits per heavy atom. The lowest BCUT2D eigenvalue weighted by Gasteiger charge is -2.35. The van der Waals surface area contributed by atoms with E-state index in [0.717, 1.165) is 0 Å². The summed E-state index contributed by atoms with van der Waals surface area (Å²) >= 11 is 6.03. The van der Waals surface area contributed by atoms with Crippen molar-refractivity contribution in [1.82, 2.24) is 5.32 Å². The van der Waals surface area contributed by atoms with Crippen LogP contribution in [0.4, 0.5) is 0 Å². The first kappa shape index (κ1) is 14.8. The maximum Gasteiger partial charge on any atom is 0.244 e. The monoisotopic (exact) mass is 293 g/mol. The van der Waals surface area contributed by atoms with Crippen molar-refractivity contribution >= 4 is 28.9 Å². The van der Waals surface area contributed by atoms with Gasteiger partial charge in [-0.15, -0.1) is 0 Å². The van der Waals surface area contributed by atoms with Gasteiger partial charge in [0, 0.05) is 23.8 Å². The average molecular weight is 294 g/mol. The molecule has 1 aromatic rings. The van der Waals surface area contributed by atoms with Crippen LogP contribution in [-0.2, 0) is 9.53 Å². The molecule has 0 bridgehead atoms. The van der Waals surface area contributed by atoms with E-state index in [9.17, 15) is 9.59 Å². The Bertz CT molecular complexity index is 609. The van der Waals surface area contributed by atoms with E-state index in [1.807, 2.05) is 6.92 Å². The zero-order chi connectivity index (χ0) is 14.9. The van der Waals surface area contributed by atoms with Crippen LogP contribution in [0.2, 0.25) is 5.02 Å². The van der Waals surface area contributed by atoms with Crippen molar-refractivity contribution in [1.29, 1.82) is 0 Å². The summed E-state index contributed by atoms with van der Waals surface area (Å²) in [6, 6.07) is 5.03. The van der Waals surface area contributed by atoms with Gasteiger partial charge in [0.2, 0.25) is 5.91 Å². The van der Waals surface area contributed by atoms with Crippen LogP contribution in [0, 0.1) is 0 Å². The van der Waals surface area contributed by atoms with Gasteiger partial charge in [-0.3, -0.25) is 9.59 Å². The SMILES string of the molecule is COC1(C)CNC(=O)C=C1c1cc(Cl)ccc1C(C)=O. The number of rotatable bonds is 3. The molecule has 1 aromatic carbocycles. The summed E-state index contributed by atoms with van der Waals surface area (Å²) < 4.78 is 5.53. The summed E-state index contributed by atoms with van der Waals surface area (Å²) in [6.07, 6.45) is 1.46. The molecule has 5 heteroatoms. The zero-order valence-electron chi connectivity index (χ0n) is 11.6. The molecule has 0 saturated carbocycles. The van der Waals surface area contributed by atoms with E-state index in [4.69, 9.17) is 16.3 Å². The third-order valence-corrected chi connectivity index (χ3v) is 3.78. The molecule has 0 aliphatic carbocycles. The number of nitrogens with one attached hydrogen (secondary N) is 1. The van der Waals surface area contributed by atoms with Crippen LogP contribution in [0.5, 0.6) is 0 Å². The molecular weight excluding hydrogens is 278 g/mol. The molecule has 0 fully saturated rings. The number of hydrogen-bond acceptors (Lipinski definition) is 3. The van der Waals surface area contributed by atoms with Crippen LogP contribution in [0.25, 0.3) is 5.57 Å². The summed E-state index contributed by atoms with van der Waals surface area (Å²) in [6.45, 7) is 3.70. The molecule has 2 rings (SSSR count). The molecule has 4 nitrogen and oxygen atoms in total. The maximum atomic E-state index is 11.8. The second-order valence-corrected chi connectivity index (χ2v) is 5.39. The van der Waals surface area contributed by atoms with E-state index < -0.39 is 5.60 Å². The van der Waals surface area contributed by atoms with Gasteiger partial charge in [-0.05, 0) is 43.2 Å². The molecule has 1 heterocycles. The first-order chi connectivity index (χ1) is 9.37. The van der Waals surface area contributed by atoms with E-state index in [-0.39, 0.29) is 11.7 Å². The second-order valence-electron chi connectivity index (χ2n) is 4.96. The molecule has 1 aliphatic heterocycles. The Kier molecular flexibility index (Phi) is 3.97. The Morgan fingerprint density at radius 3 is 2.75 bits per heavy atom. The number of hydrogen-bond donors (Lipinski definition) is 1. The maximum absolute atomic E-state index is 11.8. The molecule has 0 spiro atoms. The van der Waals surface area contributed by atoms with Gasteiger partial charge in [0.05, 0.1) is 6.54 Å². The molecule has 0 saturated heterocycles. The van der Waals surface area contributed by atoms with Crippen LogP contribution in [-0.4, -0.2) is 30.9 Å². The normalized spacial score (nSPS) is 22.2. The summed E-state index contributed by atoms with van der Waals surface area (Å²) in [5.41, 5.74) is 1.14. The minimum absolute atomic E-state index is 0.0815. The van der Waals surface area contributed by atoms with E-state index >= 15 is 0 Å². The first-order valence-corrected chi connectivity index (χ1v) is 6.61. The van der Waals surface area contributed by atoms with Crippen LogP contribution in [0.3, 0.4) is 0 Å². The van der Waals surface area contributed by atoms with Gasteiger partial charge in [0.25, 0.3) is 0 Å². The van der Waals surface area contributed by atoms with Gasteiger partial charge in [-0.2, -0.15) is 0 Å². The zero-order valence-corrected chi connectivity index (χ0v) is 12.4. The molecule has 0 aromatic heterocycles. The number of amides is 1. The average Bonchev–Trinajstić information content (AvgIpc) is 2.41. The standard InChI is InChI=1S/C15H16ClNO3/c1-9(18)11-5-4-10(16)6-12(11)13-7-14(19)17-8-15(13,2)20-3/h4-7H,8H2,1-3H3,(H,17,19). The molecule has 106 valence electrons. The molecule has 20 heavy (non-hydrogen) atoms. The number of Topliss-reactive ketones (excluding diaryl/α,β-unsaturated/α-hetero) is 1. The van der Waals surface area contributed by atoms with Crippen molar-refractivity contribution in [2.75, 3.05) is 13.7 Å². The molecule has 1 amide bonds. The lowest BCUT2D eigenvalue weighted by molar-refractivity contribution is -0.118. The lowest BCUT2D eigenvalue weighted by Crippen LogP contribution is -2.46. The number of carbonyl (C=O) groups excluding carboxylic acids is 2. The second kappa shape index (κ2) is 5.38. The highest BCUT2D eigenvalue weighted by atomic mass is 35.5. The fourth-order valence-corrected chi connectivity index (χ4v) is 2.45. The highest BCUT2D eigenvalue weighted by Crippen LogP contribution is 2.35. The fraction of sp³-hybridized carbons (Fsp3) is 0.333. The third kappa shape index (κ3) is 2.62. The van der Waals surface area contributed by atoms with E-state index in [1.54, 1.807) is 25.3 Å². The smallest absolute Gasteiger partial charge is 0.244 e. The summed E-state index contributed by atoms with van der Waals surface area (Å²) in [5, 5.41) is 3.24. The minimum Gasteiger partial charge on any atom is -0.372 e. The van der Waals surface area contributed by atoms with Crippen LogP contribution in [0.1, 0.15) is 29.8 Å². The third-order valence-electron chi connectivity index (χ3n) is 3.55. The van der Waals surface area contributed by atoms with Crippen molar-refractivity contribution in [3.8, 4) is 0 Å². The number of ether oxygens (including phenoxy) is 1. The van der Waals surface area contributed by atoms with Crippen molar-refractivity contribution in [2.45, 2.75) is 19.4 Å². The van der Waals surface area contributed by atoms with Crippen LogP contribution < -0.4 is 5.32 Å². The van der Waals surface area contributed by atoms with Gasteiger partial charge >= 0.3 is 0 Å². The number of halogens is 1. The predicted octanol–water partition coefficient (Wildman–Crippen LogP) is 2.46. The van der Waals surface area contributed by atoms with Gasteiger partial charge in [-0.1, -0.05) is 11.6 Å². The Balaban J connectivity index is 2.67. The van der Waals surface area contributed by atoms with Crippen molar-refractivity contribution in [3.63, 3.8) is 0 Å². The molecule has 1 unspecified atom stereocenters. The molecular formula is C15H16ClNO3. The van der Waals surface area contributed by atoms with Gasteiger partial charge < -0.3 is 10.1 Å². The van der Waals surface area contributed by atoms with Gasteiger partial charge in [0.1, 0.15) is 5.60 Å².